The van der Waals surface area contributed by atoms with Gasteiger partial charge < -0.3 is 15.3 Å². The van der Waals surface area contributed by atoms with E-state index >= 15 is 0 Å². The molecule has 7 heteroatoms. The van der Waals surface area contributed by atoms with E-state index in [0.717, 1.165) is 35.5 Å². The van der Waals surface area contributed by atoms with Crippen molar-refractivity contribution >= 4 is 24.0 Å². The molecular formula is C24H30N6O. The van der Waals surface area contributed by atoms with Gasteiger partial charge in [-0.2, -0.15) is 0 Å². The van der Waals surface area contributed by atoms with E-state index in [1.165, 1.54) is 0 Å². The first-order valence-corrected chi connectivity index (χ1v) is 10.5. The lowest BCUT2D eigenvalue weighted by Gasteiger charge is -2.28. The van der Waals surface area contributed by atoms with Gasteiger partial charge in [0.15, 0.2) is 17.5 Å². The van der Waals surface area contributed by atoms with Crippen molar-refractivity contribution in [1.82, 2.24) is 15.0 Å². The molecule has 162 valence electrons. The second-order valence-electron chi connectivity index (χ2n) is 7.70. The lowest BCUT2D eigenvalue weighted by atomic mass is 10.1. The number of nitrogens with one attached hydrogen (secondary N) is 1. The summed E-state index contributed by atoms with van der Waals surface area (Å²) in [7, 11) is 0. The number of rotatable bonds is 9. The third kappa shape index (κ3) is 5.36. The molecule has 3 aromatic rings. The van der Waals surface area contributed by atoms with Crippen LogP contribution in [-0.2, 0) is 6.42 Å². The number of anilines is 2. The van der Waals surface area contributed by atoms with E-state index in [9.17, 15) is 5.11 Å². The van der Waals surface area contributed by atoms with Crippen molar-refractivity contribution in [3.63, 3.8) is 0 Å². The van der Waals surface area contributed by atoms with Crippen LogP contribution in [0.25, 0.3) is 11.4 Å². The highest BCUT2D eigenvalue weighted by atomic mass is 16.3. The molecule has 0 radical (unpaired) electrons. The van der Waals surface area contributed by atoms with Gasteiger partial charge in [-0.3, -0.25) is 9.98 Å². The van der Waals surface area contributed by atoms with Crippen molar-refractivity contribution in [3.8, 4) is 17.1 Å². The Bertz CT molecular complexity index is 1030. The number of nitrogens with zero attached hydrogens (tertiary/aromatic N) is 5. The van der Waals surface area contributed by atoms with Crippen molar-refractivity contribution in [2.45, 2.75) is 40.2 Å². The summed E-state index contributed by atoms with van der Waals surface area (Å²) in [5, 5.41) is 12.9. The summed E-state index contributed by atoms with van der Waals surface area (Å²) in [5.41, 5.74) is 3.67. The highest BCUT2D eigenvalue weighted by Crippen LogP contribution is 2.36. The molecule has 3 rings (SSSR count). The summed E-state index contributed by atoms with van der Waals surface area (Å²) < 4.78 is 0. The van der Waals surface area contributed by atoms with Crippen LogP contribution >= 0.6 is 0 Å². The second-order valence-corrected chi connectivity index (χ2v) is 7.70. The number of hydrogen-bond acceptors (Lipinski definition) is 7. The number of aryl methyl sites for hydroxylation is 1. The SMILES string of the molecule is C=Nc1c(NCCc2ccc(O)cc2)nc(-c2cncc(C)c2)nc1N(CC)C(C)C. The standard InChI is InChI=1S/C24H30N6O/c1-6-30(16(2)3)24-21(25-5)23(27-12-11-18-7-9-20(31)10-8-18)28-22(29-24)19-13-17(4)14-26-15-19/h7-10,13-16,31H,5-6,11-12H2,1-4H3,(H,27,28,29). The van der Waals surface area contributed by atoms with E-state index in [-0.39, 0.29) is 11.8 Å². The largest absolute Gasteiger partial charge is 0.508 e. The number of pyridine rings is 1. The quantitative estimate of drug-likeness (QED) is 0.487. The van der Waals surface area contributed by atoms with Crippen LogP contribution in [0.2, 0.25) is 0 Å². The van der Waals surface area contributed by atoms with E-state index in [2.05, 4.69) is 47.7 Å². The number of phenols is 1. The van der Waals surface area contributed by atoms with E-state index in [1.807, 2.05) is 31.3 Å². The second kappa shape index (κ2) is 10.0. The summed E-state index contributed by atoms with van der Waals surface area (Å²) in [4.78, 5) is 20.4. The molecule has 0 unspecified atom stereocenters. The molecule has 2 heterocycles. The minimum atomic E-state index is 0.244. The van der Waals surface area contributed by atoms with Crippen molar-refractivity contribution in [2.75, 3.05) is 23.3 Å². The summed E-state index contributed by atoms with van der Waals surface area (Å²) in [6, 6.07) is 9.49. The first-order chi connectivity index (χ1) is 14.9. The van der Waals surface area contributed by atoms with Gasteiger partial charge in [-0.1, -0.05) is 12.1 Å². The summed E-state index contributed by atoms with van der Waals surface area (Å²) in [6.07, 6.45) is 4.37. The lowest BCUT2D eigenvalue weighted by molar-refractivity contribution is 0.475. The zero-order valence-electron chi connectivity index (χ0n) is 18.6. The van der Waals surface area contributed by atoms with Crippen LogP contribution in [-0.4, -0.2) is 45.9 Å². The van der Waals surface area contributed by atoms with E-state index in [0.29, 0.717) is 23.9 Å². The third-order valence-electron chi connectivity index (χ3n) is 5.04. The van der Waals surface area contributed by atoms with Gasteiger partial charge in [0.1, 0.15) is 11.4 Å². The zero-order valence-corrected chi connectivity index (χ0v) is 18.6. The van der Waals surface area contributed by atoms with Gasteiger partial charge in [0.25, 0.3) is 0 Å². The Kier molecular flexibility index (Phi) is 7.18. The number of hydrogen-bond donors (Lipinski definition) is 2. The maximum atomic E-state index is 9.48. The smallest absolute Gasteiger partial charge is 0.165 e. The van der Waals surface area contributed by atoms with Gasteiger partial charge in [0.05, 0.1) is 0 Å². The Morgan fingerprint density at radius 3 is 2.52 bits per heavy atom. The van der Waals surface area contributed by atoms with Crippen molar-refractivity contribution in [3.05, 3.63) is 53.9 Å². The molecule has 2 N–H and O–H groups in total. The summed E-state index contributed by atoms with van der Waals surface area (Å²) in [5.74, 6) is 2.27. The Morgan fingerprint density at radius 1 is 1.16 bits per heavy atom. The van der Waals surface area contributed by atoms with Crippen LogP contribution in [0.5, 0.6) is 5.75 Å². The molecule has 0 saturated heterocycles. The van der Waals surface area contributed by atoms with Crippen LogP contribution in [0.3, 0.4) is 0 Å². The minimum Gasteiger partial charge on any atom is -0.508 e. The fourth-order valence-corrected chi connectivity index (χ4v) is 3.47. The summed E-state index contributed by atoms with van der Waals surface area (Å²) in [6.45, 7) is 13.6. The van der Waals surface area contributed by atoms with Gasteiger partial charge in [0.2, 0.25) is 0 Å². The molecule has 0 spiro atoms. The Balaban J connectivity index is 1.99. The zero-order chi connectivity index (χ0) is 22.4. The predicted octanol–water partition coefficient (Wildman–Crippen LogP) is 4.77. The molecule has 0 atom stereocenters. The average molecular weight is 419 g/mol. The molecule has 2 aromatic heterocycles. The number of phenolic OH excluding ortho intramolecular Hbond substituents is 1. The number of aromatic hydroxyl groups is 1. The Labute approximate surface area is 183 Å². The van der Waals surface area contributed by atoms with Crippen molar-refractivity contribution in [2.24, 2.45) is 4.99 Å². The number of benzene rings is 1. The molecule has 0 bridgehead atoms. The summed E-state index contributed by atoms with van der Waals surface area (Å²) >= 11 is 0. The van der Waals surface area contributed by atoms with Crippen molar-refractivity contribution in [1.29, 1.82) is 0 Å². The molecule has 0 saturated carbocycles. The minimum absolute atomic E-state index is 0.244. The first kappa shape index (κ1) is 22.2. The highest BCUT2D eigenvalue weighted by molar-refractivity contribution is 5.79. The van der Waals surface area contributed by atoms with Crippen LogP contribution < -0.4 is 10.2 Å². The van der Waals surface area contributed by atoms with Crippen LogP contribution in [0.4, 0.5) is 17.3 Å². The van der Waals surface area contributed by atoms with Crippen LogP contribution in [0, 0.1) is 6.92 Å². The Hall–Kier alpha value is -3.48. The number of aromatic nitrogens is 3. The fraction of sp³-hybridized carbons (Fsp3) is 0.333. The molecule has 0 fully saturated rings. The third-order valence-corrected chi connectivity index (χ3v) is 5.04. The number of aliphatic imine (C=N–C) groups is 1. The van der Waals surface area contributed by atoms with E-state index in [4.69, 9.17) is 9.97 Å². The molecule has 0 amide bonds. The highest BCUT2D eigenvalue weighted by Gasteiger charge is 2.21. The van der Waals surface area contributed by atoms with Crippen LogP contribution in [0.1, 0.15) is 31.9 Å². The maximum Gasteiger partial charge on any atom is 0.165 e. The van der Waals surface area contributed by atoms with Gasteiger partial charge in [-0.25, -0.2) is 9.97 Å². The molecule has 1 aromatic carbocycles. The predicted molar refractivity (Wildman–Crippen MR) is 128 cm³/mol. The molecule has 0 aliphatic carbocycles. The molecule has 0 aliphatic heterocycles. The van der Waals surface area contributed by atoms with Gasteiger partial charge in [-0.15, -0.1) is 0 Å². The lowest BCUT2D eigenvalue weighted by Crippen LogP contribution is -2.31. The van der Waals surface area contributed by atoms with Crippen LogP contribution in [0.15, 0.2) is 47.7 Å². The Morgan fingerprint density at radius 2 is 1.90 bits per heavy atom. The van der Waals surface area contributed by atoms with E-state index in [1.54, 1.807) is 18.3 Å². The topological polar surface area (TPSA) is 86.5 Å². The first-order valence-electron chi connectivity index (χ1n) is 10.5. The van der Waals surface area contributed by atoms with Gasteiger partial charge >= 0.3 is 0 Å². The average Bonchev–Trinajstić information content (AvgIpc) is 2.75. The normalized spacial score (nSPS) is 10.9. The maximum absolute atomic E-state index is 9.48. The molecule has 7 nitrogen and oxygen atoms in total. The van der Waals surface area contributed by atoms with Gasteiger partial charge in [-0.05, 0) is 70.2 Å². The fourth-order valence-electron chi connectivity index (χ4n) is 3.47. The molecular weight excluding hydrogens is 388 g/mol. The van der Waals surface area contributed by atoms with Crippen molar-refractivity contribution < 1.29 is 5.11 Å². The molecule has 31 heavy (non-hydrogen) atoms. The monoisotopic (exact) mass is 418 g/mol. The van der Waals surface area contributed by atoms with Gasteiger partial charge in [0, 0.05) is 37.1 Å². The van der Waals surface area contributed by atoms with E-state index < -0.39 is 0 Å². The molecule has 0 aliphatic rings.